The molecule has 0 bridgehead atoms. The van der Waals surface area contributed by atoms with Crippen molar-refractivity contribution in [2.24, 2.45) is 5.11 Å². The highest BCUT2D eigenvalue weighted by Crippen LogP contribution is 2.20. The summed E-state index contributed by atoms with van der Waals surface area (Å²) in [5.41, 5.74) is 8.66. The van der Waals surface area contributed by atoms with Gasteiger partial charge >= 0.3 is 0 Å². The Morgan fingerprint density at radius 3 is 2.87 bits per heavy atom. The minimum Gasteiger partial charge on any atom is -0.324 e. The zero-order valence-electron chi connectivity index (χ0n) is 8.01. The fraction of sp³-hybridized carbons (Fsp3) is 0.222. The van der Waals surface area contributed by atoms with Gasteiger partial charge in [0.1, 0.15) is 6.04 Å². The van der Waals surface area contributed by atoms with Gasteiger partial charge in [-0.2, -0.15) is 0 Å². The van der Waals surface area contributed by atoms with Gasteiger partial charge in [0.05, 0.1) is 10.7 Å². The number of azide groups is 1. The van der Waals surface area contributed by atoms with E-state index in [-0.39, 0.29) is 5.91 Å². The molecule has 6 heteroatoms. The molecule has 0 aliphatic carbocycles. The molecular formula is C9H9ClN4O. The fourth-order valence-corrected chi connectivity index (χ4v) is 1.11. The molecular weight excluding hydrogens is 216 g/mol. The zero-order chi connectivity index (χ0) is 11.3. The van der Waals surface area contributed by atoms with Crippen molar-refractivity contribution in [1.82, 2.24) is 0 Å². The molecule has 5 nitrogen and oxygen atoms in total. The maximum absolute atomic E-state index is 11.4. The van der Waals surface area contributed by atoms with Gasteiger partial charge in [-0.15, -0.1) is 0 Å². The molecule has 1 amide bonds. The Labute approximate surface area is 91.7 Å². The van der Waals surface area contributed by atoms with Crippen LogP contribution in [0.5, 0.6) is 0 Å². The lowest BCUT2D eigenvalue weighted by Gasteiger charge is -2.08. The summed E-state index contributed by atoms with van der Waals surface area (Å²) in [4.78, 5) is 14.0. The molecule has 0 aromatic heterocycles. The van der Waals surface area contributed by atoms with Crippen molar-refractivity contribution in [3.05, 3.63) is 39.7 Å². The second kappa shape index (κ2) is 5.24. The van der Waals surface area contributed by atoms with Crippen molar-refractivity contribution in [2.75, 3.05) is 5.32 Å². The van der Waals surface area contributed by atoms with Gasteiger partial charge in [0.25, 0.3) is 0 Å². The van der Waals surface area contributed by atoms with Crippen molar-refractivity contribution < 1.29 is 4.79 Å². The van der Waals surface area contributed by atoms with Crippen molar-refractivity contribution >= 4 is 23.2 Å². The number of rotatable bonds is 3. The molecule has 0 aliphatic rings. The molecule has 1 atom stereocenters. The lowest BCUT2D eigenvalue weighted by Crippen LogP contribution is -2.22. The highest BCUT2D eigenvalue weighted by atomic mass is 35.5. The first-order valence-corrected chi connectivity index (χ1v) is 4.62. The molecule has 1 unspecified atom stereocenters. The maximum atomic E-state index is 11.4. The normalized spacial score (nSPS) is 11.3. The van der Waals surface area contributed by atoms with Gasteiger partial charge in [0.15, 0.2) is 0 Å². The molecule has 1 rings (SSSR count). The summed E-state index contributed by atoms with van der Waals surface area (Å²) < 4.78 is 0. The monoisotopic (exact) mass is 224 g/mol. The zero-order valence-corrected chi connectivity index (χ0v) is 8.77. The smallest absolute Gasteiger partial charge is 0.233 e. The van der Waals surface area contributed by atoms with Crippen LogP contribution in [0.3, 0.4) is 0 Å². The van der Waals surface area contributed by atoms with Gasteiger partial charge < -0.3 is 5.32 Å². The molecule has 0 saturated heterocycles. The number of hydrogen-bond donors (Lipinski definition) is 1. The highest BCUT2D eigenvalue weighted by molar-refractivity contribution is 6.33. The summed E-state index contributed by atoms with van der Waals surface area (Å²) in [6.07, 6.45) is 0. The second-order valence-corrected chi connectivity index (χ2v) is 3.26. The van der Waals surface area contributed by atoms with Crippen LogP contribution in [-0.2, 0) is 4.79 Å². The number of hydrogen-bond acceptors (Lipinski definition) is 2. The molecule has 1 N–H and O–H groups in total. The number of halogens is 1. The quantitative estimate of drug-likeness (QED) is 0.478. The first kappa shape index (κ1) is 11.4. The largest absolute Gasteiger partial charge is 0.324 e. The predicted octanol–water partition coefficient (Wildman–Crippen LogP) is 2.98. The lowest BCUT2D eigenvalue weighted by atomic mass is 10.3. The van der Waals surface area contributed by atoms with Crippen LogP contribution in [-0.4, -0.2) is 11.9 Å². The standard InChI is InChI=1S/C9H9ClN4O/c1-6(13-14-11)9(15)12-8-5-3-2-4-7(8)10/h2-6H,1H3,(H,12,15). The topological polar surface area (TPSA) is 77.9 Å². The molecule has 78 valence electrons. The third-order valence-electron chi connectivity index (χ3n) is 1.74. The predicted molar refractivity (Wildman–Crippen MR) is 58.7 cm³/mol. The number of benzene rings is 1. The molecule has 1 aromatic rings. The van der Waals surface area contributed by atoms with Crippen LogP contribution in [0.15, 0.2) is 29.4 Å². The van der Waals surface area contributed by atoms with Crippen LogP contribution in [0, 0.1) is 0 Å². The Morgan fingerprint density at radius 2 is 2.27 bits per heavy atom. The number of carbonyl (C=O) groups excluding carboxylic acids is 1. The van der Waals surface area contributed by atoms with Crippen molar-refractivity contribution in [1.29, 1.82) is 0 Å². The average Bonchev–Trinajstić information content (AvgIpc) is 2.21. The number of para-hydroxylation sites is 1. The summed E-state index contributed by atoms with van der Waals surface area (Å²) in [7, 11) is 0. The summed E-state index contributed by atoms with van der Waals surface area (Å²) >= 11 is 5.83. The SMILES string of the molecule is CC(N=[N+]=[N-])C(=O)Nc1ccccc1Cl. The van der Waals surface area contributed by atoms with E-state index in [1.165, 1.54) is 6.92 Å². The Balaban J connectivity index is 2.75. The third-order valence-corrected chi connectivity index (χ3v) is 2.07. The molecule has 0 fully saturated rings. The van der Waals surface area contributed by atoms with E-state index in [0.717, 1.165) is 0 Å². The van der Waals surface area contributed by atoms with E-state index in [4.69, 9.17) is 17.1 Å². The minimum atomic E-state index is -0.758. The second-order valence-electron chi connectivity index (χ2n) is 2.85. The fourth-order valence-electron chi connectivity index (χ4n) is 0.930. The maximum Gasteiger partial charge on any atom is 0.233 e. The number of nitrogens with one attached hydrogen (secondary N) is 1. The average molecular weight is 225 g/mol. The third kappa shape index (κ3) is 3.16. The van der Waals surface area contributed by atoms with E-state index in [2.05, 4.69) is 15.3 Å². The van der Waals surface area contributed by atoms with E-state index < -0.39 is 6.04 Å². The van der Waals surface area contributed by atoms with E-state index in [0.29, 0.717) is 10.7 Å². The summed E-state index contributed by atoms with van der Waals surface area (Å²) in [6, 6.07) is 6.08. The van der Waals surface area contributed by atoms with E-state index in [1.807, 2.05) is 0 Å². The molecule has 0 spiro atoms. The lowest BCUT2D eigenvalue weighted by molar-refractivity contribution is -0.117. The highest BCUT2D eigenvalue weighted by Gasteiger charge is 2.11. The van der Waals surface area contributed by atoms with Gasteiger partial charge in [0.2, 0.25) is 5.91 Å². The van der Waals surface area contributed by atoms with Crippen molar-refractivity contribution in [2.45, 2.75) is 13.0 Å². The molecule has 1 aromatic carbocycles. The Morgan fingerprint density at radius 1 is 1.60 bits per heavy atom. The number of carbonyl (C=O) groups is 1. The molecule has 15 heavy (non-hydrogen) atoms. The van der Waals surface area contributed by atoms with Crippen LogP contribution < -0.4 is 5.32 Å². The van der Waals surface area contributed by atoms with Gasteiger partial charge in [-0.1, -0.05) is 28.8 Å². The summed E-state index contributed by atoms with van der Waals surface area (Å²) in [5.74, 6) is -0.388. The Hall–Kier alpha value is -1.71. The number of amides is 1. The number of nitrogens with zero attached hydrogens (tertiary/aromatic N) is 3. The van der Waals surface area contributed by atoms with Crippen LogP contribution in [0.4, 0.5) is 5.69 Å². The van der Waals surface area contributed by atoms with Crippen molar-refractivity contribution in [3.8, 4) is 0 Å². The van der Waals surface area contributed by atoms with E-state index in [9.17, 15) is 4.79 Å². The van der Waals surface area contributed by atoms with E-state index >= 15 is 0 Å². The molecule has 0 saturated carbocycles. The molecule has 0 heterocycles. The van der Waals surface area contributed by atoms with Gasteiger partial charge in [-0.3, -0.25) is 4.79 Å². The van der Waals surface area contributed by atoms with Crippen LogP contribution in [0.1, 0.15) is 6.92 Å². The number of anilines is 1. The Bertz CT molecular complexity index is 414. The molecule has 0 radical (unpaired) electrons. The van der Waals surface area contributed by atoms with Gasteiger partial charge in [0, 0.05) is 4.91 Å². The van der Waals surface area contributed by atoms with E-state index in [1.54, 1.807) is 24.3 Å². The first-order valence-electron chi connectivity index (χ1n) is 4.24. The van der Waals surface area contributed by atoms with Crippen LogP contribution >= 0.6 is 11.6 Å². The summed E-state index contributed by atoms with van der Waals surface area (Å²) in [6.45, 7) is 1.51. The van der Waals surface area contributed by atoms with Crippen molar-refractivity contribution in [3.63, 3.8) is 0 Å². The molecule has 0 aliphatic heterocycles. The first-order chi connectivity index (χ1) is 7.15. The minimum absolute atomic E-state index is 0.388. The summed E-state index contributed by atoms with van der Waals surface area (Å²) in [5, 5.41) is 6.28. The van der Waals surface area contributed by atoms with Gasteiger partial charge in [-0.05, 0) is 24.6 Å². The Kier molecular flexibility index (Phi) is 3.97. The van der Waals surface area contributed by atoms with Crippen LogP contribution in [0.25, 0.3) is 10.4 Å². The van der Waals surface area contributed by atoms with Gasteiger partial charge in [-0.25, -0.2) is 0 Å². The van der Waals surface area contributed by atoms with Crippen LogP contribution in [0.2, 0.25) is 5.02 Å².